The van der Waals surface area contributed by atoms with Crippen LogP contribution < -0.4 is 0 Å². The quantitative estimate of drug-likeness (QED) is 0.250. The van der Waals surface area contributed by atoms with Gasteiger partial charge in [0.25, 0.3) is 0 Å². The first kappa shape index (κ1) is 19.1. The summed E-state index contributed by atoms with van der Waals surface area (Å²) in [5.41, 5.74) is 3.35. The fraction of sp³-hybridized carbons (Fsp3) is 0.190. The van der Waals surface area contributed by atoms with Gasteiger partial charge in [0.15, 0.2) is 11.0 Å². The first-order valence-corrected chi connectivity index (χ1v) is 11.8. The van der Waals surface area contributed by atoms with E-state index in [-0.39, 0.29) is 0 Å². The predicted molar refractivity (Wildman–Crippen MR) is 120 cm³/mol. The van der Waals surface area contributed by atoms with E-state index < -0.39 is 0 Å². The molecule has 4 nitrogen and oxygen atoms in total. The molecule has 4 aromatic rings. The summed E-state index contributed by atoms with van der Waals surface area (Å²) >= 11 is 5.11. The smallest absolute Gasteiger partial charge is 0.192 e. The summed E-state index contributed by atoms with van der Waals surface area (Å²) in [6, 6.07) is 12.5. The zero-order valence-electron chi connectivity index (χ0n) is 15.5. The molecule has 1 aromatic carbocycles. The number of thiazole rings is 1. The van der Waals surface area contributed by atoms with Gasteiger partial charge in [-0.3, -0.25) is 4.57 Å². The van der Waals surface area contributed by atoms with Crippen LogP contribution in [0.15, 0.2) is 65.0 Å². The second-order valence-electron chi connectivity index (χ2n) is 6.16. The van der Waals surface area contributed by atoms with Crippen LogP contribution in [0, 0.1) is 0 Å². The van der Waals surface area contributed by atoms with Crippen molar-refractivity contribution in [2.24, 2.45) is 0 Å². The molecule has 0 N–H and O–H groups in total. The number of rotatable bonds is 8. The van der Waals surface area contributed by atoms with Crippen LogP contribution in [-0.2, 0) is 18.7 Å². The SMILES string of the molecule is C=CCn1c(SCc2csc(-c3ccccc3)n2)nnc1-c1csc(CC)c1. The van der Waals surface area contributed by atoms with E-state index in [0.29, 0.717) is 6.54 Å². The van der Waals surface area contributed by atoms with Gasteiger partial charge < -0.3 is 0 Å². The van der Waals surface area contributed by atoms with Crippen molar-refractivity contribution in [3.8, 4) is 22.0 Å². The van der Waals surface area contributed by atoms with Crippen molar-refractivity contribution in [2.75, 3.05) is 0 Å². The molecule has 0 aliphatic carbocycles. The number of aryl methyl sites for hydroxylation is 1. The molecule has 4 rings (SSSR count). The third kappa shape index (κ3) is 4.11. The lowest BCUT2D eigenvalue weighted by Gasteiger charge is -2.06. The van der Waals surface area contributed by atoms with Crippen LogP contribution in [0.25, 0.3) is 22.0 Å². The summed E-state index contributed by atoms with van der Waals surface area (Å²) in [5, 5.41) is 15.1. The summed E-state index contributed by atoms with van der Waals surface area (Å²) < 4.78 is 2.13. The Morgan fingerprint density at radius 1 is 1.11 bits per heavy atom. The van der Waals surface area contributed by atoms with Crippen LogP contribution in [0.1, 0.15) is 17.5 Å². The molecule has 142 valence electrons. The predicted octanol–water partition coefficient (Wildman–Crippen LogP) is 6.17. The number of thioether (sulfide) groups is 1. The molecule has 28 heavy (non-hydrogen) atoms. The van der Waals surface area contributed by atoms with E-state index in [9.17, 15) is 0 Å². The number of aromatic nitrogens is 4. The van der Waals surface area contributed by atoms with Gasteiger partial charge in [0.1, 0.15) is 5.01 Å². The van der Waals surface area contributed by atoms with Crippen molar-refractivity contribution in [1.29, 1.82) is 0 Å². The highest BCUT2D eigenvalue weighted by Crippen LogP contribution is 2.31. The maximum Gasteiger partial charge on any atom is 0.192 e. The molecule has 7 heteroatoms. The van der Waals surface area contributed by atoms with Crippen molar-refractivity contribution >= 4 is 34.4 Å². The molecule has 0 bridgehead atoms. The molecule has 3 aromatic heterocycles. The molecule has 0 aliphatic rings. The van der Waals surface area contributed by atoms with Crippen molar-refractivity contribution in [3.05, 3.63) is 70.4 Å². The van der Waals surface area contributed by atoms with Gasteiger partial charge in [-0.05, 0) is 12.5 Å². The average Bonchev–Trinajstić information content (AvgIpc) is 3.47. The fourth-order valence-electron chi connectivity index (χ4n) is 2.81. The summed E-state index contributed by atoms with van der Waals surface area (Å²) in [4.78, 5) is 6.13. The van der Waals surface area contributed by atoms with Gasteiger partial charge in [-0.15, -0.1) is 39.4 Å². The Balaban J connectivity index is 1.52. The second kappa shape index (κ2) is 8.86. The Morgan fingerprint density at radius 3 is 2.71 bits per heavy atom. The van der Waals surface area contributed by atoms with Crippen molar-refractivity contribution in [2.45, 2.75) is 30.8 Å². The van der Waals surface area contributed by atoms with E-state index in [2.05, 4.69) is 57.2 Å². The minimum Gasteiger partial charge on any atom is -0.298 e. The van der Waals surface area contributed by atoms with Crippen LogP contribution in [0.4, 0.5) is 0 Å². The van der Waals surface area contributed by atoms with Gasteiger partial charge in [-0.2, -0.15) is 0 Å². The van der Waals surface area contributed by atoms with Crippen LogP contribution in [0.3, 0.4) is 0 Å². The minimum atomic E-state index is 0.689. The number of thiophene rings is 1. The van der Waals surface area contributed by atoms with Crippen LogP contribution in [-0.4, -0.2) is 19.7 Å². The standard InChI is InChI=1S/C21H20N4S3/c1-3-10-25-19(16-11-18(4-2)26-12-16)23-24-21(25)28-14-17-13-27-20(22-17)15-8-6-5-7-9-15/h3,5-9,11-13H,1,4,10,14H2,2H3. The molecule has 0 radical (unpaired) electrons. The summed E-state index contributed by atoms with van der Waals surface area (Å²) in [5.74, 6) is 1.67. The molecule has 0 aliphatic heterocycles. The Bertz CT molecular complexity index is 1060. The number of hydrogen-bond donors (Lipinski definition) is 0. The van der Waals surface area contributed by atoms with Gasteiger partial charge in [-0.25, -0.2) is 4.98 Å². The Morgan fingerprint density at radius 2 is 1.96 bits per heavy atom. The molecule has 0 spiro atoms. The van der Waals surface area contributed by atoms with Gasteiger partial charge >= 0.3 is 0 Å². The second-order valence-corrected chi connectivity index (χ2v) is 8.96. The van der Waals surface area contributed by atoms with Gasteiger partial charge in [0.2, 0.25) is 0 Å². The third-order valence-electron chi connectivity index (χ3n) is 4.21. The number of nitrogens with zero attached hydrogens (tertiary/aromatic N) is 4. The highest BCUT2D eigenvalue weighted by molar-refractivity contribution is 7.98. The lowest BCUT2D eigenvalue weighted by atomic mass is 10.2. The molecule has 0 saturated heterocycles. The summed E-state index contributed by atoms with van der Waals surface area (Å²) in [6.45, 7) is 6.75. The average molecular weight is 425 g/mol. The van der Waals surface area contributed by atoms with E-state index in [4.69, 9.17) is 4.98 Å². The first-order valence-electron chi connectivity index (χ1n) is 9.03. The number of hydrogen-bond acceptors (Lipinski definition) is 6. The Hall–Kier alpha value is -2.22. The molecule has 0 unspecified atom stereocenters. The van der Waals surface area contributed by atoms with Crippen LogP contribution in [0.2, 0.25) is 0 Å². The Kier molecular flexibility index (Phi) is 6.04. The highest BCUT2D eigenvalue weighted by atomic mass is 32.2. The lowest BCUT2D eigenvalue weighted by Crippen LogP contribution is -2.00. The van der Waals surface area contributed by atoms with E-state index in [1.165, 1.54) is 4.88 Å². The van der Waals surface area contributed by atoms with E-state index >= 15 is 0 Å². The summed E-state index contributed by atoms with van der Waals surface area (Å²) in [6.07, 6.45) is 2.93. The lowest BCUT2D eigenvalue weighted by molar-refractivity contribution is 0.731. The van der Waals surface area contributed by atoms with Gasteiger partial charge in [0.05, 0.1) is 5.69 Å². The normalized spacial score (nSPS) is 11.0. The molecule has 0 amide bonds. The highest BCUT2D eigenvalue weighted by Gasteiger charge is 2.15. The van der Waals surface area contributed by atoms with Crippen LogP contribution >= 0.6 is 34.4 Å². The number of allylic oxidation sites excluding steroid dienone is 1. The van der Waals surface area contributed by atoms with Crippen molar-refractivity contribution in [3.63, 3.8) is 0 Å². The van der Waals surface area contributed by atoms with Gasteiger partial charge in [0, 0.05) is 39.1 Å². The van der Waals surface area contributed by atoms with E-state index in [0.717, 1.165) is 45.0 Å². The molecular formula is C21H20N4S3. The van der Waals surface area contributed by atoms with Crippen molar-refractivity contribution in [1.82, 2.24) is 19.7 Å². The van der Waals surface area contributed by atoms with Gasteiger partial charge in [-0.1, -0.05) is 55.1 Å². The molecule has 3 heterocycles. The maximum atomic E-state index is 4.77. The molecular weight excluding hydrogens is 404 g/mol. The molecule has 0 saturated carbocycles. The minimum absolute atomic E-state index is 0.689. The topological polar surface area (TPSA) is 43.6 Å². The maximum absolute atomic E-state index is 4.77. The summed E-state index contributed by atoms with van der Waals surface area (Å²) in [7, 11) is 0. The van der Waals surface area contributed by atoms with E-state index in [1.54, 1.807) is 34.4 Å². The zero-order valence-corrected chi connectivity index (χ0v) is 18.0. The third-order valence-corrected chi connectivity index (χ3v) is 7.23. The zero-order chi connectivity index (χ0) is 19.3. The fourth-order valence-corrected chi connectivity index (χ4v) is 5.40. The van der Waals surface area contributed by atoms with Crippen LogP contribution in [0.5, 0.6) is 0 Å². The number of benzene rings is 1. The Labute approximate surface area is 177 Å². The largest absolute Gasteiger partial charge is 0.298 e. The molecule has 0 fully saturated rings. The molecule has 0 atom stereocenters. The first-order chi connectivity index (χ1) is 13.8. The monoisotopic (exact) mass is 424 g/mol. The van der Waals surface area contributed by atoms with E-state index in [1.807, 2.05) is 24.3 Å². The van der Waals surface area contributed by atoms with Crippen molar-refractivity contribution < 1.29 is 0 Å².